The third kappa shape index (κ3) is 6.15. The largest absolute Gasteiger partial charge is 0.477 e. The molecule has 0 bridgehead atoms. The molecule has 1 N–H and O–H groups in total. The Hall–Kier alpha value is -3.29. The molecule has 0 aliphatic heterocycles. The Labute approximate surface area is 163 Å². The van der Waals surface area contributed by atoms with Crippen LogP contribution in [0.4, 0.5) is 11.5 Å². The Morgan fingerprint density at radius 3 is 2.50 bits per heavy atom. The van der Waals surface area contributed by atoms with Crippen LogP contribution >= 0.6 is 0 Å². The number of pyridine rings is 1. The molecule has 1 amide bonds. The maximum Gasteiger partial charge on any atom is 0.406 e. The zero-order chi connectivity index (χ0) is 20.5. The smallest absolute Gasteiger partial charge is 0.406 e. The highest BCUT2D eigenvalue weighted by atomic mass is 16.6. The van der Waals surface area contributed by atoms with E-state index in [0.29, 0.717) is 23.4 Å². The summed E-state index contributed by atoms with van der Waals surface area (Å²) < 4.78 is 5.30. The highest BCUT2D eigenvalue weighted by Crippen LogP contribution is 2.24. The van der Waals surface area contributed by atoms with E-state index in [-0.39, 0.29) is 24.0 Å². The maximum absolute atomic E-state index is 12.3. The maximum atomic E-state index is 12.3. The van der Waals surface area contributed by atoms with Crippen LogP contribution in [0.1, 0.15) is 48.7 Å². The number of hydrogen-bond acceptors (Lipinski definition) is 6. The van der Waals surface area contributed by atoms with Gasteiger partial charge in [0.25, 0.3) is 0 Å². The van der Waals surface area contributed by atoms with Crippen LogP contribution in [0.15, 0.2) is 36.4 Å². The van der Waals surface area contributed by atoms with E-state index >= 15 is 0 Å². The number of benzene rings is 1. The van der Waals surface area contributed by atoms with Gasteiger partial charge in [0.2, 0.25) is 11.7 Å². The number of anilines is 1. The lowest BCUT2D eigenvalue weighted by Gasteiger charge is -2.08. The van der Waals surface area contributed by atoms with E-state index in [1.807, 2.05) is 0 Å². The van der Waals surface area contributed by atoms with Crippen LogP contribution in [-0.4, -0.2) is 28.2 Å². The molecule has 1 aromatic carbocycles. The molecule has 0 spiro atoms. The van der Waals surface area contributed by atoms with Gasteiger partial charge in [-0.1, -0.05) is 19.8 Å². The highest BCUT2D eigenvalue weighted by molar-refractivity contribution is 5.98. The van der Waals surface area contributed by atoms with E-state index < -0.39 is 10.7 Å². The summed E-state index contributed by atoms with van der Waals surface area (Å²) >= 11 is 0. The molecule has 2 rings (SSSR count). The van der Waals surface area contributed by atoms with Crippen molar-refractivity contribution >= 4 is 23.2 Å². The summed E-state index contributed by atoms with van der Waals surface area (Å²) in [5, 5.41) is 13.8. The molecule has 0 aliphatic carbocycles. The van der Waals surface area contributed by atoms with Crippen LogP contribution in [0.2, 0.25) is 0 Å². The van der Waals surface area contributed by atoms with Crippen LogP contribution in [0.25, 0.3) is 0 Å². The molecule has 2 aromatic rings. The zero-order valence-corrected chi connectivity index (χ0v) is 15.9. The topological polar surface area (TPSA) is 111 Å². The molecule has 0 fully saturated rings. The second-order valence-electron chi connectivity index (χ2n) is 6.33. The molecule has 0 unspecified atom stereocenters. The van der Waals surface area contributed by atoms with Crippen LogP contribution < -0.4 is 10.1 Å². The van der Waals surface area contributed by atoms with Crippen LogP contribution in [0.3, 0.4) is 0 Å². The van der Waals surface area contributed by atoms with Crippen LogP contribution in [-0.2, 0) is 4.79 Å². The number of rotatable bonds is 10. The Kier molecular flexibility index (Phi) is 7.62. The van der Waals surface area contributed by atoms with E-state index in [1.165, 1.54) is 6.07 Å². The molecule has 1 aromatic heterocycles. The Balaban J connectivity index is 1.93. The third-order valence-electron chi connectivity index (χ3n) is 4.01. The number of hydrogen-bond donors (Lipinski definition) is 1. The first-order valence-electron chi connectivity index (χ1n) is 9.08. The van der Waals surface area contributed by atoms with Crippen LogP contribution in [0, 0.1) is 17.0 Å². The van der Waals surface area contributed by atoms with Crippen molar-refractivity contribution in [2.75, 3.05) is 11.9 Å². The summed E-state index contributed by atoms with van der Waals surface area (Å²) in [6.45, 7) is 3.35. The quantitative estimate of drug-likeness (QED) is 0.285. The van der Waals surface area contributed by atoms with Crippen molar-refractivity contribution in [2.24, 2.45) is 0 Å². The molecule has 148 valence electrons. The number of ketones is 1. The minimum absolute atomic E-state index is 0.0556. The summed E-state index contributed by atoms with van der Waals surface area (Å²) in [5.74, 6) is -0.875. The van der Waals surface area contributed by atoms with E-state index in [1.54, 1.807) is 37.3 Å². The van der Waals surface area contributed by atoms with Gasteiger partial charge in [-0.25, -0.2) is 0 Å². The van der Waals surface area contributed by atoms with Gasteiger partial charge < -0.3 is 20.2 Å². The lowest BCUT2D eigenvalue weighted by Crippen LogP contribution is -2.14. The van der Waals surface area contributed by atoms with Crippen LogP contribution in [0.5, 0.6) is 5.75 Å². The van der Waals surface area contributed by atoms with Gasteiger partial charge >= 0.3 is 5.82 Å². The van der Waals surface area contributed by atoms with Gasteiger partial charge in [0.1, 0.15) is 5.69 Å². The number of carbonyl (C=O) groups excluding carboxylic acids is 2. The Bertz CT molecular complexity index is 849. The summed E-state index contributed by atoms with van der Waals surface area (Å²) in [6.07, 6.45) is 3.37. The molecule has 0 radical (unpaired) electrons. The molecule has 0 saturated heterocycles. The number of aryl methyl sites for hydroxylation is 1. The van der Waals surface area contributed by atoms with E-state index in [9.17, 15) is 19.7 Å². The van der Waals surface area contributed by atoms with Crippen molar-refractivity contribution in [1.82, 2.24) is 4.98 Å². The van der Waals surface area contributed by atoms with Crippen molar-refractivity contribution < 1.29 is 19.2 Å². The Morgan fingerprint density at radius 1 is 1.14 bits per heavy atom. The first kappa shape index (κ1) is 21.0. The molecular formula is C20H23N3O5. The molecule has 8 nitrogen and oxygen atoms in total. The fourth-order valence-corrected chi connectivity index (χ4v) is 2.50. The average Bonchev–Trinajstić information content (AvgIpc) is 2.67. The summed E-state index contributed by atoms with van der Waals surface area (Å²) in [6, 6.07) is 9.43. The molecule has 0 atom stereocenters. The standard InChI is InChI=1S/C20H23N3O5/c1-3-4-5-6-19(25)22-16-10-8-15(9-11-16)17(24)13-28-18-12-7-14(2)21-20(18)23(26)27/h7-12H,3-6,13H2,1-2H3,(H,22,25). The fourth-order valence-electron chi connectivity index (χ4n) is 2.50. The number of ether oxygens (including phenoxy) is 1. The second-order valence-corrected chi connectivity index (χ2v) is 6.33. The fraction of sp³-hybridized carbons (Fsp3) is 0.350. The normalized spacial score (nSPS) is 10.4. The van der Waals surface area contributed by atoms with Gasteiger partial charge in [-0.15, -0.1) is 0 Å². The number of nitro groups is 1. The Morgan fingerprint density at radius 2 is 1.86 bits per heavy atom. The molecule has 0 saturated carbocycles. The number of nitrogens with one attached hydrogen (secondary N) is 1. The summed E-state index contributed by atoms with van der Waals surface area (Å²) in [7, 11) is 0. The van der Waals surface area contributed by atoms with E-state index in [0.717, 1.165) is 19.3 Å². The third-order valence-corrected chi connectivity index (χ3v) is 4.01. The van der Waals surface area contributed by atoms with Gasteiger partial charge in [-0.2, -0.15) is 0 Å². The van der Waals surface area contributed by atoms with Gasteiger partial charge in [-0.3, -0.25) is 9.59 Å². The van der Waals surface area contributed by atoms with Gasteiger partial charge in [0.15, 0.2) is 12.4 Å². The lowest BCUT2D eigenvalue weighted by atomic mass is 10.1. The van der Waals surface area contributed by atoms with E-state index in [4.69, 9.17) is 4.74 Å². The first-order chi connectivity index (χ1) is 13.4. The zero-order valence-electron chi connectivity index (χ0n) is 15.9. The van der Waals surface area contributed by atoms with Crippen molar-refractivity contribution in [2.45, 2.75) is 39.5 Å². The minimum Gasteiger partial charge on any atom is -0.477 e. The minimum atomic E-state index is -0.648. The van der Waals surface area contributed by atoms with Gasteiger partial charge in [-0.05, 0) is 52.7 Å². The molecule has 1 heterocycles. The van der Waals surface area contributed by atoms with Gasteiger partial charge in [0.05, 0.1) is 0 Å². The number of aromatic nitrogens is 1. The number of nitrogens with zero attached hydrogens (tertiary/aromatic N) is 2. The van der Waals surface area contributed by atoms with E-state index in [2.05, 4.69) is 17.2 Å². The molecular weight excluding hydrogens is 362 g/mol. The molecule has 28 heavy (non-hydrogen) atoms. The van der Waals surface area contributed by atoms with Gasteiger partial charge in [0, 0.05) is 24.6 Å². The first-order valence-corrected chi connectivity index (χ1v) is 9.08. The predicted molar refractivity (Wildman–Crippen MR) is 105 cm³/mol. The van der Waals surface area contributed by atoms with Crippen molar-refractivity contribution in [1.29, 1.82) is 0 Å². The lowest BCUT2D eigenvalue weighted by molar-refractivity contribution is -0.390. The van der Waals surface area contributed by atoms with Crippen molar-refractivity contribution in [3.8, 4) is 5.75 Å². The molecule has 0 aliphatic rings. The molecule has 8 heteroatoms. The van der Waals surface area contributed by atoms with Crippen molar-refractivity contribution in [3.05, 3.63) is 57.8 Å². The predicted octanol–water partition coefficient (Wildman–Crippen LogP) is 4.08. The average molecular weight is 385 g/mol. The summed E-state index contributed by atoms with van der Waals surface area (Å²) in [5.41, 5.74) is 1.47. The summed E-state index contributed by atoms with van der Waals surface area (Å²) in [4.78, 5) is 38.3. The number of carbonyl (C=O) groups is 2. The van der Waals surface area contributed by atoms with Crippen molar-refractivity contribution in [3.63, 3.8) is 0 Å². The number of unbranched alkanes of at least 4 members (excludes halogenated alkanes) is 2. The highest BCUT2D eigenvalue weighted by Gasteiger charge is 2.19. The monoisotopic (exact) mass is 385 g/mol. The second kappa shape index (κ2) is 10.1. The number of Topliss-reactive ketones (excluding diaryl/α,β-unsaturated/α-hetero) is 1. The SMILES string of the molecule is CCCCCC(=O)Nc1ccc(C(=O)COc2ccc(C)nc2[N+](=O)[O-])cc1. The number of amides is 1.